The Balaban J connectivity index is 3.00. The van der Waals surface area contributed by atoms with E-state index in [-0.39, 0.29) is 0 Å². The number of nitriles is 1. The van der Waals surface area contributed by atoms with Crippen LogP contribution in [-0.2, 0) is 0 Å². The van der Waals surface area contributed by atoms with E-state index in [1.165, 1.54) is 0 Å². The Morgan fingerprint density at radius 2 is 2.33 bits per heavy atom. The Morgan fingerprint density at radius 1 is 1.58 bits per heavy atom. The summed E-state index contributed by atoms with van der Waals surface area (Å²) in [7, 11) is 0. The molecule has 62 valence electrons. The molecule has 1 aromatic heterocycles. The van der Waals surface area contributed by atoms with Gasteiger partial charge in [-0.2, -0.15) is 5.26 Å². The molecule has 1 aromatic rings. The van der Waals surface area contributed by atoms with Gasteiger partial charge >= 0.3 is 0 Å². The lowest BCUT2D eigenvalue weighted by Crippen LogP contribution is -1.94. The Labute approximate surface area is 71.6 Å². The molecule has 0 saturated carbocycles. The van der Waals surface area contributed by atoms with Crippen LogP contribution < -0.4 is 4.74 Å². The van der Waals surface area contributed by atoms with Crippen molar-refractivity contribution in [2.24, 2.45) is 0 Å². The third-order valence-corrected chi connectivity index (χ3v) is 1.35. The van der Waals surface area contributed by atoms with Gasteiger partial charge in [-0.1, -0.05) is 0 Å². The van der Waals surface area contributed by atoms with Crippen molar-refractivity contribution in [1.29, 1.82) is 5.26 Å². The molecule has 0 unspecified atom stereocenters. The Hall–Kier alpha value is -1.56. The van der Waals surface area contributed by atoms with Crippen LogP contribution in [0.3, 0.4) is 0 Å². The van der Waals surface area contributed by atoms with E-state index in [4.69, 9.17) is 10.00 Å². The number of pyridine rings is 1. The molecule has 0 aliphatic rings. The first-order valence-corrected chi connectivity index (χ1v) is 3.78. The van der Waals surface area contributed by atoms with Crippen LogP contribution in [0.25, 0.3) is 0 Å². The molecule has 3 heteroatoms. The van der Waals surface area contributed by atoms with Gasteiger partial charge in [0.1, 0.15) is 17.5 Å². The van der Waals surface area contributed by atoms with Crippen molar-refractivity contribution >= 4 is 0 Å². The number of aromatic nitrogens is 1. The van der Waals surface area contributed by atoms with Gasteiger partial charge in [0.2, 0.25) is 0 Å². The van der Waals surface area contributed by atoms with Crippen LogP contribution in [0.5, 0.6) is 5.75 Å². The van der Waals surface area contributed by atoms with Crippen molar-refractivity contribution in [2.75, 3.05) is 6.61 Å². The number of hydrogen-bond acceptors (Lipinski definition) is 3. The van der Waals surface area contributed by atoms with E-state index in [2.05, 4.69) is 4.98 Å². The second-order valence-corrected chi connectivity index (χ2v) is 2.37. The van der Waals surface area contributed by atoms with Gasteiger partial charge in [0.05, 0.1) is 6.61 Å². The minimum absolute atomic E-state index is 0.401. The molecule has 1 rings (SSSR count). The molecule has 12 heavy (non-hydrogen) atoms. The van der Waals surface area contributed by atoms with Gasteiger partial charge in [-0.25, -0.2) is 4.98 Å². The third-order valence-electron chi connectivity index (χ3n) is 1.35. The Bertz CT molecular complexity index is 315. The Morgan fingerprint density at radius 3 is 2.92 bits per heavy atom. The van der Waals surface area contributed by atoms with Gasteiger partial charge in [-0.05, 0) is 13.8 Å². The maximum absolute atomic E-state index is 8.59. The molecule has 0 radical (unpaired) electrons. The summed E-state index contributed by atoms with van der Waals surface area (Å²) in [6.07, 6.45) is 0. The molecule has 0 saturated heterocycles. The van der Waals surface area contributed by atoms with Crippen LogP contribution in [0.1, 0.15) is 18.3 Å². The predicted octanol–water partition coefficient (Wildman–Crippen LogP) is 1.66. The van der Waals surface area contributed by atoms with Gasteiger partial charge in [-0.15, -0.1) is 0 Å². The Kier molecular flexibility index (Phi) is 2.65. The van der Waals surface area contributed by atoms with E-state index in [0.717, 1.165) is 5.69 Å². The van der Waals surface area contributed by atoms with Gasteiger partial charge in [0.15, 0.2) is 0 Å². The fraction of sp³-hybridized carbons (Fsp3) is 0.333. The first-order valence-electron chi connectivity index (χ1n) is 3.78. The van der Waals surface area contributed by atoms with Crippen LogP contribution >= 0.6 is 0 Å². The molecule has 0 amide bonds. The van der Waals surface area contributed by atoms with Crippen LogP contribution in [0.4, 0.5) is 0 Å². The van der Waals surface area contributed by atoms with Crippen LogP contribution in [0.15, 0.2) is 12.1 Å². The average molecular weight is 162 g/mol. The highest BCUT2D eigenvalue weighted by Crippen LogP contribution is 2.12. The molecular weight excluding hydrogens is 152 g/mol. The second-order valence-electron chi connectivity index (χ2n) is 2.37. The monoisotopic (exact) mass is 162 g/mol. The summed E-state index contributed by atoms with van der Waals surface area (Å²) in [4.78, 5) is 3.99. The van der Waals surface area contributed by atoms with E-state index in [9.17, 15) is 0 Å². The number of aryl methyl sites for hydroxylation is 1. The summed E-state index contributed by atoms with van der Waals surface area (Å²) in [5.74, 6) is 0.710. The molecule has 1 heterocycles. The molecular formula is C9H10N2O. The first kappa shape index (κ1) is 8.54. The normalized spacial score (nSPS) is 9.08. The van der Waals surface area contributed by atoms with Gasteiger partial charge in [-0.3, -0.25) is 0 Å². The third kappa shape index (κ3) is 1.96. The van der Waals surface area contributed by atoms with E-state index < -0.39 is 0 Å². The molecule has 0 N–H and O–H groups in total. The highest BCUT2D eigenvalue weighted by Gasteiger charge is 1.98. The van der Waals surface area contributed by atoms with E-state index in [0.29, 0.717) is 18.1 Å². The zero-order valence-electron chi connectivity index (χ0n) is 7.16. The summed E-state index contributed by atoms with van der Waals surface area (Å²) >= 11 is 0. The van der Waals surface area contributed by atoms with Crippen molar-refractivity contribution in [3.63, 3.8) is 0 Å². The molecule has 0 fully saturated rings. The van der Waals surface area contributed by atoms with Crippen LogP contribution in [0, 0.1) is 18.3 Å². The van der Waals surface area contributed by atoms with E-state index >= 15 is 0 Å². The SMILES string of the molecule is CCOc1cc(C)nc(C#N)c1. The van der Waals surface area contributed by atoms with Crippen molar-refractivity contribution in [1.82, 2.24) is 4.98 Å². The van der Waals surface area contributed by atoms with Crippen molar-refractivity contribution in [2.45, 2.75) is 13.8 Å². The van der Waals surface area contributed by atoms with Crippen molar-refractivity contribution in [3.8, 4) is 11.8 Å². The smallest absolute Gasteiger partial charge is 0.144 e. The maximum Gasteiger partial charge on any atom is 0.144 e. The molecule has 3 nitrogen and oxygen atoms in total. The average Bonchev–Trinajstić information content (AvgIpc) is 2.04. The summed E-state index contributed by atoms with van der Waals surface area (Å²) in [5.41, 5.74) is 1.20. The zero-order valence-corrected chi connectivity index (χ0v) is 7.16. The topological polar surface area (TPSA) is 45.9 Å². The molecule has 0 bridgehead atoms. The van der Waals surface area contributed by atoms with Gasteiger partial charge in [0.25, 0.3) is 0 Å². The fourth-order valence-corrected chi connectivity index (χ4v) is 0.944. The summed E-state index contributed by atoms with van der Waals surface area (Å²) in [5, 5.41) is 8.59. The zero-order chi connectivity index (χ0) is 8.97. The molecule has 0 aliphatic carbocycles. The second kappa shape index (κ2) is 3.72. The number of nitrogens with zero attached hydrogens (tertiary/aromatic N) is 2. The number of ether oxygens (including phenoxy) is 1. The molecule has 0 spiro atoms. The standard InChI is InChI=1S/C9H10N2O/c1-3-12-9-4-7(2)11-8(5-9)6-10/h4-5H,3H2,1-2H3. The largest absolute Gasteiger partial charge is 0.494 e. The molecule has 0 aromatic carbocycles. The summed E-state index contributed by atoms with van der Waals surface area (Å²) in [6.45, 7) is 4.35. The minimum atomic E-state index is 0.401. The number of hydrogen-bond donors (Lipinski definition) is 0. The van der Waals surface area contributed by atoms with Crippen LogP contribution in [0.2, 0.25) is 0 Å². The molecule has 0 aliphatic heterocycles. The highest BCUT2D eigenvalue weighted by atomic mass is 16.5. The first-order chi connectivity index (χ1) is 5.76. The highest BCUT2D eigenvalue weighted by molar-refractivity contribution is 5.32. The lowest BCUT2D eigenvalue weighted by Gasteiger charge is -2.03. The van der Waals surface area contributed by atoms with E-state index in [1.807, 2.05) is 26.0 Å². The lowest BCUT2D eigenvalue weighted by molar-refractivity contribution is 0.339. The maximum atomic E-state index is 8.59. The van der Waals surface area contributed by atoms with E-state index in [1.54, 1.807) is 6.07 Å². The van der Waals surface area contributed by atoms with Gasteiger partial charge in [0, 0.05) is 17.8 Å². The summed E-state index contributed by atoms with van der Waals surface area (Å²) in [6, 6.07) is 5.42. The minimum Gasteiger partial charge on any atom is -0.494 e. The van der Waals surface area contributed by atoms with Gasteiger partial charge < -0.3 is 4.74 Å². The summed E-state index contributed by atoms with van der Waals surface area (Å²) < 4.78 is 5.24. The van der Waals surface area contributed by atoms with Crippen LogP contribution in [-0.4, -0.2) is 11.6 Å². The fourth-order valence-electron chi connectivity index (χ4n) is 0.944. The lowest BCUT2D eigenvalue weighted by atomic mass is 10.3. The number of rotatable bonds is 2. The quantitative estimate of drug-likeness (QED) is 0.664. The molecule has 0 atom stereocenters. The van der Waals surface area contributed by atoms with Crippen molar-refractivity contribution in [3.05, 3.63) is 23.5 Å². The van der Waals surface area contributed by atoms with Crippen molar-refractivity contribution < 1.29 is 4.74 Å². The predicted molar refractivity (Wildman–Crippen MR) is 44.9 cm³/mol.